The Balaban J connectivity index is 2.15. The highest BCUT2D eigenvalue weighted by Crippen LogP contribution is 2.37. The molecule has 0 spiro atoms. The van der Waals surface area contributed by atoms with Crippen molar-refractivity contribution in [3.05, 3.63) is 52.8 Å². The van der Waals surface area contributed by atoms with Crippen LogP contribution in [0.2, 0.25) is 0 Å². The van der Waals surface area contributed by atoms with Crippen molar-refractivity contribution in [3.8, 4) is 0 Å². The van der Waals surface area contributed by atoms with E-state index in [1.165, 1.54) is 4.68 Å². The maximum Gasteiger partial charge on any atom is 0.435 e. The van der Waals surface area contributed by atoms with Gasteiger partial charge in [-0.1, -0.05) is 30.3 Å². The first kappa shape index (κ1) is 14.8. The van der Waals surface area contributed by atoms with Gasteiger partial charge in [-0.2, -0.15) is 18.3 Å². The van der Waals surface area contributed by atoms with Crippen LogP contribution < -0.4 is 0 Å². The van der Waals surface area contributed by atoms with E-state index in [1.807, 2.05) is 30.3 Å². The van der Waals surface area contributed by atoms with E-state index in [0.29, 0.717) is 18.5 Å². The summed E-state index contributed by atoms with van der Waals surface area (Å²) in [5.74, 6) is -0.458. The van der Waals surface area contributed by atoms with Crippen LogP contribution in [0.25, 0.3) is 0 Å². The molecule has 0 saturated carbocycles. The van der Waals surface area contributed by atoms with Crippen molar-refractivity contribution in [2.24, 2.45) is 0 Å². The summed E-state index contributed by atoms with van der Waals surface area (Å²) in [5.41, 5.74) is -0.0176. The number of nitrogens with zero attached hydrogens (tertiary/aromatic N) is 2. The zero-order valence-electron chi connectivity index (χ0n) is 12.0. The van der Waals surface area contributed by atoms with E-state index in [1.54, 1.807) is 6.92 Å². The fourth-order valence-corrected chi connectivity index (χ4v) is 2.93. The van der Waals surface area contributed by atoms with Gasteiger partial charge in [-0.25, -0.2) is 0 Å². The topological polar surface area (TPSA) is 34.9 Å². The standard InChI is InChI=1S/C16H15F3N2O/c1-10(11-6-3-2-4-7-11)21-12-8-5-9-13(22)14(12)15(20-21)16(17,18)19/h2-4,6-7,10H,5,8-9H2,1H3. The Kier molecular flexibility index (Phi) is 3.54. The van der Waals surface area contributed by atoms with Gasteiger partial charge in [-0.15, -0.1) is 0 Å². The predicted molar refractivity (Wildman–Crippen MR) is 74.8 cm³/mol. The summed E-state index contributed by atoms with van der Waals surface area (Å²) in [5, 5.41) is 3.76. The summed E-state index contributed by atoms with van der Waals surface area (Å²) in [4.78, 5) is 12.0. The van der Waals surface area contributed by atoms with Crippen LogP contribution in [0.3, 0.4) is 0 Å². The molecule has 116 valence electrons. The van der Waals surface area contributed by atoms with E-state index in [0.717, 1.165) is 5.56 Å². The number of Topliss-reactive ketones (excluding diaryl/α,β-unsaturated/α-hetero) is 1. The number of carbonyl (C=O) groups is 1. The molecule has 0 radical (unpaired) electrons. The minimum Gasteiger partial charge on any atom is -0.294 e. The van der Waals surface area contributed by atoms with Gasteiger partial charge in [0.15, 0.2) is 11.5 Å². The van der Waals surface area contributed by atoms with Gasteiger partial charge in [0.1, 0.15) is 0 Å². The molecule has 3 nitrogen and oxygen atoms in total. The second-order valence-corrected chi connectivity index (χ2v) is 5.48. The number of ketones is 1. The van der Waals surface area contributed by atoms with Crippen LogP contribution in [-0.2, 0) is 12.6 Å². The second-order valence-electron chi connectivity index (χ2n) is 5.48. The lowest BCUT2D eigenvalue weighted by molar-refractivity contribution is -0.141. The Morgan fingerprint density at radius 3 is 2.50 bits per heavy atom. The average molecular weight is 308 g/mol. The highest BCUT2D eigenvalue weighted by Gasteiger charge is 2.42. The Hall–Kier alpha value is -2.11. The minimum absolute atomic E-state index is 0.154. The van der Waals surface area contributed by atoms with Gasteiger partial charge in [0.05, 0.1) is 17.3 Å². The van der Waals surface area contributed by atoms with Gasteiger partial charge in [-0.05, 0) is 25.3 Å². The largest absolute Gasteiger partial charge is 0.435 e. The van der Waals surface area contributed by atoms with Crippen LogP contribution in [0.5, 0.6) is 0 Å². The number of halogens is 3. The lowest BCUT2D eigenvalue weighted by atomic mass is 9.93. The normalized spacial score (nSPS) is 16.5. The van der Waals surface area contributed by atoms with E-state index in [2.05, 4.69) is 5.10 Å². The molecule has 1 aromatic carbocycles. The summed E-state index contributed by atoms with van der Waals surface area (Å²) >= 11 is 0. The van der Waals surface area contributed by atoms with Crippen molar-refractivity contribution in [2.45, 2.75) is 38.4 Å². The molecule has 0 amide bonds. The van der Waals surface area contributed by atoms with Crippen molar-refractivity contribution in [3.63, 3.8) is 0 Å². The summed E-state index contributed by atoms with van der Waals surface area (Å²) in [6.07, 6.45) is -3.45. The molecule has 0 bridgehead atoms. The lowest BCUT2D eigenvalue weighted by Crippen LogP contribution is -2.17. The van der Waals surface area contributed by atoms with Crippen LogP contribution in [0.1, 0.15) is 53.1 Å². The molecule has 0 N–H and O–H groups in total. The predicted octanol–water partition coefficient (Wildman–Crippen LogP) is 4.03. The third-order valence-corrected chi connectivity index (χ3v) is 4.02. The Labute approximate surface area is 125 Å². The van der Waals surface area contributed by atoms with E-state index in [4.69, 9.17) is 0 Å². The SMILES string of the molecule is CC(c1ccccc1)n1nc(C(F)(F)F)c2c1CCCC2=O. The van der Waals surface area contributed by atoms with Crippen LogP contribution in [0, 0.1) is 0 Å². The fourth-order valence-electron chi connectivity index (χ4n) is 2.93. The maximum absolute atomic E-state index is 13.2. The van der Waals surface area contributed by atoms with E-state index >= 15 is 0 Å². The molecule has 2 aromatic rings. The molecule has 22 heavy (non-hydrogen) atoms. The zero-order valence-corrected chi connectivity index (χ0v) is 12.0. The molecule has 1 atom stereocenters. The first-order valence-corrected chi connectivity index (χ1v) is 7.16. The van der Waals surface area contributed by atoms with Gasteiger partial charge < -0.3 is 0 Å². The van der Waals surface area contributed by atoms with Crippen molar-refractivity contribution in [1.29, 1.82) is 0 Å². The van der Waals surface area contributed by atoms with E-state index < -0.39 is 17.7 Å². The highest BCUT2D eigenvalue weighted by atomic mass is 19.4. The van der Waals surface area contributed by atoms with Crippen molar-refractivity contribution in [1.82, 2.24) is 9.78 Å². The Morgan fingerprint density at radius 1 is 1.18 bits per heavy atom. The van der Waals surface area contributed by atoms with Crippen molar-refractivity contribution < 1.29 is 18.0 Å². The van der Waals surface area contributed by atoms with Gasteiger partial charge in [-0.3, -0.25) is 9.48 Å². The third-order valence-electron chi connectivity index (χ3n) is 4.02. The highest BCUT2D eigenvalue weighted by molar-refractivity contribution is 5.99. The van der Waals surface area contributed by atoms with Crippen LogP contribution in [0.15, 0.2) is 30.3 Å². The van der Waals surface area contributed by atoms with Crippen LogP contribution in [0.4, 0.5) is 13.2 Å². The molecule has 1 aliphatic carbocycles. The molecule has 0 fully saturated rings. The molecule has 0 saturated heterocycles. The van der Waals surface area contributed by atoms with Crippen LogP contribution in [-0.4, -0.2) is 15.6 Å². The smallest absolute Gasteiger partial charge is 0.294 e. The molecular weight excluding hydrogens is 293 g/mol. The molecule has 3 rings (SSSR count). The molecule has 1 aliphatic rings. The molecule has 1 aromatic heterocycles. The number of alkyl halides is 3. The number of carbonyl (C=O) groups excluding carboxylic acids is 1. The van der Waals surface area contributed by atoms with Gasteiger partial charge in [0, 0.05) is 6.42 Å². The number of hydrogen-bond acceptors (Lipinski definition) is 2. The molecule has 0 aliphatic heterocycles. The zero-order chi connectivity index (χ0) is 15.9. The first-order chi connectivity index (χ1) is 10.4. The number of hydrogen-bond donors (Lipinski definition) is 0. The van der Waals surface area contributed by atoms with Crippen molar-refractivity contribution >= 4 is 5.78 Å². The molecule has 1 unspecified atom stereocenters. The van der Waals surface area contributed by atoms with Gasteiger partial charge in [0.2, 0.25) is 0 Å². The second kappa shape index (κ2) is 5.26. The summed E-state index contributed by atoms with van der Waals surface area (Å²) < 4.78 is 41.0. The quantitative estimate of drug-likeness (QED) is 0.839. The Morgan fingerprint density at radius 2 is 1.86 bits per heavy atom. The van der Waals surface area contributed by atoms with Crippen LogP contribution >= 0.6 is 0 Å². The molecule has 6 heteroatoms. The number of rotatable bonds is 2. The lowest BCUT2D eigenvalue weighted by Gasteiger charge is -2.18. The number of benzene rings is 1. The first-order valence-electron chi connectivity index (χ1n) is 7.16. The van der Waals surface area contributed by atoms with Gasteiger partial charge >= 0.3 is 6.18 Å². The van der Waals surface area contributed by atoms with E-state index in [9.17, 15) is 18.0 Å². The Bertz CT molecular complexity index is 704. The molecular formula is C16H15F3N2O. The monoisotopic (exact) mass is 308 g/mol. The summed E-state index contributed by atoms with van der Waals surface area (Å²) in [6.45, 7) is 1.79. The number of fused-ring (bicyclic) bond motifs is 1. The van der Waals surface area contributed by atoms with Crippen molar-refractivity contribution in [2.75, 3.05) is 0 Å². The fraction of sp³-hybridized carbons (Fsp3) is 0.375. The average Bonchev–Trinajstić information content (AvgIpc) is 2.88. The minimum atomic E-state index is -4.61. The summed E-state index contributed by atoms with van der Waals surface area (Å²) in [6, 6.07) is 8.85. The van der Waals surface area contributed by atoms with Gasteiger partial charge in [0.25, 0.3) is 0 Å². The third kappa shape index (κ3) is 2.42. The van der Waals surface area contributed by atoms with E-state index in [-0.39, 0.29) is 18.0 Å². The molecule has 1 heterocycles. The number of aromatic nitrogens is 2. The summed E-state index contributed by atoms with van der Waals surface area (Å²) in [7, 11) is 0. The maximum atomic E-state index is 13.2.